The maximum absolute atomic E-state index is 12.5. The molecule has 0 fully saturated rings. The Balaban J connectivity index is 1.84. The summed E-state index contributed by atoms with van der Waals surface area (Å²) in [6, 6.07) is 11.2. The number of thiophene rings is 1. The van der Waals surface area contributed by atoms with E-state index in [4.69, 9.17) is 0 Å². The number of amidine groups is 2. The SMILES string of the molecule is CC(=O)NC1=NC(SCc2ccccc2C)=NC(=O)C1=NC(=O)c1cccs1. The highest BCUT2D eigenvalue weighted by Gasteiger charge is 2.27. The smallest absolute Gasteiger partial charge is 0.302 e. The van der Waals surface area contributed by atoms with Crippen LogP contribution in [0.5, 0.6) is 0 Å². The maximum atomic E-state index is 12.5. The van der Waals surface area contributed by atoms with Crippen LogP contribution in [0.1, 0.15) is 27.7 Å². The summed E-state index contributed by atoms with van der Waals surface area (Å²) >= 11 is 2.48. The first-order chi connectivity index (χ1) is 13.4. The molecule has 2 aromatic rings. The standard InChI is InChI=1S/C19H16N4O3S2/c1-11-6-3-4-7-13(11)10-28-19-22-16(20-12(2)24)15(18(26)23-19)21-17(25)14-8-5-9-27-14/h3-9H,10H2,1-2H3,(H,20,22,23,24,26). The highest BCUT2D eigenvalue weighted by molar-refractivity contribution is 8.13. The fourth-order valence-electron chi connectivity index (χ4n) is 2.31. The van der Waals surface area contributed by atoms with E-state index in [2.05, 4.69) is 20.3 Å². The molecule has 3 rings (SSSR count). The van der Waals surface area contributed by atoms with Crippen LogP contribution < -0.4 is 5.32 Å². The lowest BCUT2D eigenvalue weighted by Crippen LogP contribution is -2.41. The minimum atomic E-state index is -0.712. The summed E-state index contributed by atoms with van der Waals surface area (Å²) < 4.78 is 0. The van der Waals surface area contributed by atoms with Crippen molar-refractivity contribution in [2.45, 2.75) is 19.6 Å². The molecule has 0 aliphatic carbocycles. The van der Waals surface area contributed by atoms with E-state index in [0.29, 0.717) is 10.6 Å². The summed E-state index contributed by atoms with van der Waals surface area (Å²) in [6.07, 6.45) is 0. The van der Waals surface area contributed by atoms with Gasteiger partial charge in [-0.3, -0.25) is 14.4 Å². The first kappa shape index (κ1) is 19.8. The van der Waals surface area contributed by atoms with E-state index < -0.39 is 17.7 Å². The molecule has 0 saturated carbocycles. The van der Waals surface area contributed by atoms with E-state index in [9.17, 15) is 14.4 Å². The molecule has 2 heterocycles. The van der Waals surface area contributed by atoms with Crippen LogP contribution in [0.4, 0.5) is 0 Å². The number of aliphatic imine (C=N–C) groups is 3. The summed E-state index contributed by atoms with van der Waals surface area (Å²) in [5, 5.41) is 4.41. The van der Waals surface area contributed by atoms with Crippen LogP contribution in [0, 0.1) is 6.92 Å². The predicted octanol–water partition coefficient (Wildman–Crippen LogP) is 3.00. The van der Waals surface area contributed by atoms with Crippen molar-refractivity contribution in [1.29, 1.82) is 0 Å². The maximum Gasteiger partial charge on any atom is 0.302 e. The normalized spacial score (nSPS) is 15.2. The van der Waals surface area contributed by atoms with Crippen molar-refractivity contribution in [3.8, 4) is 0 Å². The van der Waals surface area contributed by atoms with E-state index in [1.165, 1.54) is 30.0 Å². The molecule has 0 unspecified atom stereocenters. The Morgan fingerprint density at radius 3 is 2.64 bits per heavy atom. The number of thioether (sulfide) groups is 1. The molecule has 1 aromatic heterocycles. The molecule has 3 amide bonds. The monoisotopic (exact) mass is 412 g/mol. The van der Waals surface area contributed by atoms with Gasteiger partial charge in [0.05, 0.1) is 4.88 Å². The molecule has 1 aromatic carbocycles. The molecule has 7 nitrogen and oxygen atoms in total. The van der Waals surface area contributed by atoms with Crippen molar-refractivity contribution in [3.05, 3.63) is 57.8 Å². The minimum Gasteiger partial charge on any atom is -0.309 e. The molecule has 142 valence electrons. The Morgan fingerprint density at radius 1 is 1.18 bits per heavy atom. The zero-order chi connectivity index (χ0) is 20.1. The van der Waals surface area contributed by atoms with Crippen LogP contribution in [0.3, 0.4) is 0 Å². The van der Waals surface area contributed by atoms with E-state index in [1.807, 2.05) is 31.2 Å². The minimum absolute atomic E-state index is 0.0651. The molecular weight excluding hydrogens is 396 g/mol. The van der Waals surface area contributed by atoms with Crippen LogP contribution in [-0.2, 0) is 15.3 Å². The summed E-state index contributed by atoms with van der Waals surface area (Å²) in [4.78, 5) is 48.6. The average molecular weight is 412 g/mol. The number of hydrogen-bond donors (Lipinski definition) is 1. The molecule has 1 N–H and O–H groups in total. The molecule has 28 heavy (non-hydrogen) atoms. The zero-order valence-electron chi connectivity index (χ0n) is 15.1. The number of amides is 3. The number of carbonyl (C=O) groups excluding carboxylic acids is 3. The van der Waals surface area contributed by atoms with Crippen molar-refractivity contribution < 1.29 is 14.4 Å². The highest BCUT2D eigenvalue weighted by Crippen LogP contribution is 2.20. The Kier molecular flexibility index (Phi) is 6.27. The molecule has 0 radical (unpaired) electrons. The molecule has 1 aliphatic heterocycles. The van der Waals surface area contributed by atoms with E-state index >= 15 is 0 Å². The van der Waals surface area contributed by atoms with Gasteiger partial charge in [-0.05, 0) is 29.5 Å². The number of rotatable bonds is 3. The lowest BCUT2D eigenvalue weighted by atomic mass is 10.1. The lowest BCUT2D eigenvalue weighted by molar-refractivity contribution is -0.117. The van der Waals surface area contributed by atoms with E-state index in [0.717, 1.165) is 11.1 Å². The molecule has 0 spiro atoms. The number of carbonyl (C=O) groups is 3. The van der Waals surface area contributed by atoms with E-state index in [1.54, 1.807) is 17.5 Å². The van der Waals surface area contributed by atoms with Gasteiger partial charge in [0.25, 0.3) is 5.91 Å². The lowest BCUT2D eigenvalue weighted by Gasteiger charge is -2.13. The summed E-state index contributed by atoms with van der Waals surface area (Å²) in [7, 11) is 0. The Hall–Kier alpha value is -2.91. The third-order valence-corrected chi connectivity index (χ3v) is 5.44. The first-order valence-electron chi connectivity index (χ1n) is 8.27. The van der Waals surface area contributed by atoms with Gasteiger partial charge in [0, 0.05) is 12.7 Å². The second kappa shape index (κ2) is 8.85. The molecule has 0 atom stereocenters. The largest absolute Gasteiger partial charge is 0.309 e. The van der Waals surface area contributed by atoms with Crippen LogP contribution in [0.15, 0.2) is 56.8 Å². The quantitative estimate of drug-likeness (QED) is 0.837. The van der Waals surface area contributed by atoms with Gasteiger partial charge in [0.1, 0.15) is 0 Å². The molecular formula is C19H16N4O3S2. The van der Waals surface area contributed by atoms with Crippen LogP contribution >= 0.6 is 23.1 Å². The molecule has 0 bridgehead atoms. The van der Waals surface area contributed by atoms with Gasteiger partial charge in [-0.15, -0.1) is 11.3 Å². The van der Waals surface area contributed by atoms with Crippen molar-refractivity contribution in [3.63, 3.8) is 0 Å². The third-order valence-electron chi connectivity index (χ3n) is 3.69. The van der Waals surface area contributed by atoms with Crippen LogP contribution in [0.25, 0.3) is 0 Å². The van der Waals surface area contributed by atoms with Gasteiger partial charge in [-0.25, -0.2) is 4.99 Å². The Labute approximate surface area is 169 Å². The topological polar surface area (TPSA) is 100 Å². The number of nitrogens with one attached hydrogen (secondary N) is 1. The van der Waals surface area contributed by atoms with Gasteiger partial charge < -0.3 is 5.32 Å². The van der Waals surface area contributed by atoms with Gasteiger partial charge in [-0.1, -0.05) is 42.1 Å². The fraction of sp³-hybridized carbons (Fsp3) is 0.158. The molecule has 1 aliphatic rings. The van der Waals surface area contributed by atoms with Crippen molar-refractivity contribution in [1.82, 2.24) is 5.32 Å². The van der Waals surface area contributed by atoms with Gasteiger partial charge in [0.2, 0.25) is 5.91 Å². The number of nitrogens with zero attached hydrogens (tertiary/aromatic N) is 3. The predicted molar refractivity (Wildman–Crippen MR) is 112 cm³/mol. The number of benzene rings is 1. The summed E-state index contributed by atoms with van der Waals surface area (Å²) in [5.74, 6) is -1.22. The summed E-state index contributed by atoms with van der Waals surface area (Å²) in [6.45, 7) is 3.29. The van der Waals surface area contributed by atoms with Crippen LogP contribution in [-0.4, -0.2) is 34.4 Å². The van der Waals surface area contributed by atoms with Crippen molar-refractivity contribution >= 4 is 57.5 Å². The first-order valence-corrected chi connectivity index (χ1v) is 10.1. The highest BCUT2D eigenvalue weighted by atomic mass is 32.2. The summed E-state index contributed by atoms with van der Waals surface area (Å²) in [5.41, 5.74) is 1.94. The van der Waals surface area contributed by atoms with Gasteiger partial charge >= 0.3 is 5.91 Å². The van der Waals surface area contributed by atoms with Crippen molar-refractivity contribution in [2.75, 3.05) is 0 Å². The van der Waals surface area contributed by atoms with E-state index in [-0.39, 0.29) is 16.7 Å². The molecule has 9 heteroatoms. The second-order valence-electron chi connectivity index (χ2n) is 5.80. The average Bonchev–Trinajstić information content (AvgIpc) is 3.18. The second-order valence-corrected chi connectivity index (χ2v) is 7.69. The Morgan fingerprint density at radius 2 is 1.96 bits per heavy atom. The number of aryl methyl sites for hydroxylation is 1. The Bertz CT molecular complexity index is 1020. The number of hydrogen-bond acceptors (Lipinski definition) is 6. The molecule has 0 saturated heterocycles. The van der Waals surface area contributed by atoms with Crippen LogP contribution in [0.2, 0.25) is 0 Å². The van der Waals surface area contributed by atoms with Gasteiger partial charge in [0.15, 0.2) is 16.7 Å². The fourth-order valence-corrected chi connectivity index (χ4v) is 3.82. The van der Waals surface area contributed by atoms with Crippen molar-refractivity contribution in [2.24, 2.45) is 15.0 Å². The van der Waals surface area contributed by atoms with Gasteiger partial charge in [-0.2, -0.15) is 9.98 Å². The zero-order valence-corrected chi connectivity index (χ0v) is 16.8. The third kappa shape index (κ3) is 4.87.